The Hall–Kier alpha value is -2.95. The fraction of sp³-hybridized carbons (Fsp3) is 0.0588. The highest BCUT2D eigenvalue weighted by atomic mass is 32.2. The number of rotatable bonds is 3. The number of amides is 1. The van der Waals surface area contributed by atoms with E-state index in [1.807, 2.05) is 36.4 Å². The maximum absolute atomic E-state index is 12.5. The molecule has 6 nitrogen and oxygen atoms in total. The molecule has 0 bridgehead atoms. The first-order valence-corrected chi connectivity index (χ1v) is 8.44. The molecule has 1 aliphatic heterocycles. The molecule has 0 aromatic heterocycles. The molecule has 7 heteroatoms. The van der Waals surface area contributed by atoms with E-state index in [0.29, 0.717) is 11.3 Å². The predicted molar refractivity (Wildman–Crippen MR) is 87.6 cm³/mol. The first kappa shape index (κ1) is 15.9. The zero-order valence-corrected chi connectivity index (χ0v) is 13.2. The number of nitriles is 1. The van der Waals surface area contributed by atoms with Crippen LogP contribution in [0.4, 0.5) is 5.69 Å². The van der Waals surface area contributed by atoms with Crippen molar-refractivity contribution in [1.29, 1.82) is 5.26 Å². The molecular weight excluding hydrogens is 328 g/mol. The van der Waals surface area contributed by atoms with Gasteiger partial charge in [-0.3, -0.25) is 9.35 Å². The minimum atomic E-state index is -4.29. The Morgan fingerprint density at radius 2 is 1.67 bits per heavy atom. The Kier molecular flexibility index (Phi) is 3.93. The molecule has 120 valence electrons. The molecule has 0 saturated heterocycles. The summed E-state index contributed by atoms with van der Waals surface area (Å²) in [6.45, 7) is 0.219. The Balaban J connectivity index is 1.96. The Morgan fingerprint density at radius 1 is 1.04 bits per heavy atom. The molecule has 0 radical (unpaired) electrons. The van der Waals surface area contributed by atoms with Gasteiger partial charge in [0.15, 0.2) is 0 Å². The minimum absolute atomic E-state index is 0.0695. The zero-order valence-electron chi connectivity index (χ0n) is 12.4. The molecule has 1 N–H and O–H groups in total. The molecule has 0 fully saturated rings. The summed E-state index contributed by atoms with van der Waals surface area (Å²) in [4.78, 5) is 13.6. The Bertz CT molecular complexity index is 972. The minimum Gasteiger partial charge on any atom is -0.303 e. The second kappa shape index (κ2) is 5.92. The van der Waals surface area contributed by atoms with Crippen LogP contribution in [0.15, 0.2) is 65.1 Å². The van der Waals surface area contributed by atoms with E-state index in [0.717, 1.165) is 5.56 Å². The maximum atomic E-state index is 12.5. The number of anilines is 1. The fourth-order valence-electron chi connectivity index (χ4n) is 2.57. The van der Waals surface area contributed by atoms with Crippen LogP contribution in [0.1, 0.15) is 5.56 Å². The summed E-state index contributed by atoms with van der Waals surface area (Å²) in [7, 11) is -4.29. The van der Waals surface area contributed by atoms with Crippen LogP contribution >= 0.6 is 0 Å². The van der Waals surface area contributed by atoms with E-state index in [2.05, 4.69) is 0 Å². The average molecular weight is 340 g/mol. The summed E-state index contributed by atoms with van der Waals surface area (Å²) in [6, 6.07) is 16.4. The van der Waals surface area contributed by atoms with Crippen LogP contribution < -0.4 is 4.90 Å². The fourth-order valence-corrected chi connectivity index (χ4v) is 3.05. The maximum Gasteiger partial charge on any atom is 0.294 e. The molecule has 0 saturated carbocycles. The number of hydrogen-bond acceptors (Lipinski definition) is 4. The van der Waals surface area contributed by atoms with Gasteiger partial charge in [0.05, 0.1) is 11.4 Å². The third-order valence-corrected chi connectivity index (χ3v) is 4.63. The molecular formula is C17H12N2O4S. The average Bonchev–Trinajstić information content (AvgIpc) is 2.91. The predicted octanol–water partition coefficient (Wildman–Crippen LogP) is 2.26. The zero-order chi connectivity index (χ0) is 17.3. The van der Waals surface area contributed by atoms with Crippen molar-refractivity contribution in [3.63, 3.8) is 0 Å². The van der Waals surface area contributed by atoms with Crippen LogP contribution in [0.5, 0.6) is 0 Å². The highest BCUT2D eigenvalue weighted by Crippen LogP contribution is 2.31. The molecule has 2 aromatic carbocycles. The van der Waals surface area contributed by atoms with Gasteiger partial charge in [0.25, 0.3) is 16.0 Å². The van der Waals surface area contributed by atoms with Gasteiger partial charge in [-0.2, -0.15) is 13.7 Å². The monoisotopic (exact) mass is 340 g/mol. The lowest BCUT2D eigenvalue weighted by Crippen LogP contribution is -2.26. The van der Waals surface area contributed by atoms with E-state index in [-0.39, 0.29) is 17.0 Å². The van der Waals surface area contributed by atoms with E-state index in [1.54, 1.807) is 0 Å². The smallest absolute Gasteiger partial charge is 0.294 e. The van der Waals surface area contributed by atoms with Gasteiger partial charge in [-0.1, -0.05) is 30.3 Å². The molecule has 1 amide bonds. The van der Waals surface area contributed by atoms with Gasteiger partial charge in [0.1, 0.15) is 11.6 Å². The van der Waals surface area contributed by atoms with Crippen molar-refractivity contribution in [2.45, 2.75) is 4.90 Å². The standard InChI is InChI=1S/C17H12N2O4S/c18-10-15-16(12-4-2-1-3-5-12)11-19(17(15)20)13-6-8-14(9-7-13)24(21,22)23/h1-9H,11H2,(H,21,22,23). The summed E-state index contributed by atoms with van der Waals surface area (Å²) < 4.78 is 31.2. The molecule has 2 aromatic rings. The van der Waals surface area contributed by atoms with Gasteiger partial charge in [0.2, 0.25) is 0 Å². The van der Waals surface area contributed by atoms with Crippen molar-refractivity contribution in [3.05, 3.63) is 65.7 Å². The molecule has 1 aliphatic rings. The molecule has 1 heterocycles. The molecule has 0 aliphatic carbocycles. The summed E-state index contributed by atoms with van der Waals surface area (Å²) in [6.07, 6.45) is 0. The van der Waals surface area contributed by atoms with Crippen molar-refractivity contribution in [3.8, 4) is 6.07 Å². The quantitative estimate of drug-likeness (QED) is 0.864. The topological polar surface area (TPSA) is 98.5 Å². The molecule has 3 rings (SSSR count). The molecule has 0 unspecified atom stereocenters. The lowest BCUT2D eigenvalue weighted by Gasteiger charge is -2.17. The van der Waals surface area contributed by atoms with Crippen LogP contribution in [0.25, 0.3) is 5.57 Å². The number of carbonyl (C=O) groups is 1. The van der Waals surface area contributed by atoms with E-state index in [1.165, 1.54) is 29.2 Å². The summed E-state index contributed by atoms with van der Waals surface area (Å²) in [5.41, 5.74) is 1.94. The largest absolute Gasteiger partial charge is 0.303 e. The van der Waals surface area contributed by atoms with Gasteiger partial charge < -0.3 is 4.90 Å². The third kappa shape index (κ3) is 2.80. The lowest BCUT2D eigenvalue weighted by atomic mass is 10.0. The molecule has 24 heavy (non-hydrogen) atoms. The number of carbonyl (C=O) groups excluding carboxylic acids is 1. The summed E-state index contributed by atoms with van der Waals surface area (Å²) >= 11 is 0. The second-order valence-corrected chi connectivity index (χ2v) is 6.61. The van der Waals surface area contributed by atoms with Crippen molar-refractivity contribution >= 4 is 27.3 Å². The van der Waals surface area contributed by atoms with Gasteiger partial charge in [-0.25, -0.2) is 0 Å². The summed E-state index contributed by atoms with van der Waals surface area (Å²) in [5, 5.41) is 9.32. The van der Waals surface area contributed by atoms with Crippen LogP contribution in [-0.2, 0) is 14.9 Å². The van der Waals surface area contributed by atoms with Gasteiger partial charge >= 0.3 is 0 Å². The normalized spacial score (nSPS) is 14.8. The van der Waals surface area contributed by atoms with Crippen molar-refractivity contribution < 1.29 is 17.8 Å². The van der Waals surface area contributed by atoms with E-state index in [9.17, 15) is 18.5 Å². The third-order valence-electron chi connectivity index (χ3n) is 3.76. The van der Waals surface area contributed by atoms with Crippen LogP contribution in [0, 0.1) is 11.3 Å². The Labute approximate surface area is 139 Å². The van der Waals surface area contributed by atoms with E-state index in [4.69, 9.17) is 4.55 Å². The Morgan fingerprint density at radius 3 is 2.21 bits per heavy atom. The highest BCUT2D eigenvalue weighted by Gasteiger charge is 2.32. The second-order valence-electron chi connectivity index (χ2n) is 5.19. The van der Waals surface area contributed by atoms with E-state index < -0.39 is 16.0 Å². The highest BCUT2D eigenvalue weighted by molar-refractivity contribution is 7.85. The van der Waals surface area contributed by atoms with Crippen LogP contribution in [-0.4, -0.2) is 25.4 Å². The van der Waals surface area contributed by atoms with Crippen LogP contribution in [0.3, 0.4) is 0 Å². The van der Waals surface area contributed by atoms with Crippen LogP contribution in [0.2, 0.25) is 0 Å². The molecule has 0 spiro atoms. The van der Waals surface area contributed by atoms with E-state index >= 15 is 0 Å². The summed E-state index contributed by atoms with van der Waals surface area (Å²) in [5.74, 6) is -0.434. The van der Waals surface area contributed by atoms with Crippen molar-refractivity contribution in [2.75, 3.05) is 11.4 Å². The van der Waals surface area contributed by atoms with Gasteiger partial charge in [-0.15, -0.1) is 0 Å². The van der Waals surface area contributed by atoms with Crippen molar-refractivity contribution in [1.82, 2.24) is 0 Å². The first-order chi connectivity index (χ1) is 11.4. The van der Waals surface area contributed by atoms with Gasteiger partial charge in [0, 0.05) is 11.3 Å². The van der Waals surface area contributed by atoms with Gasteiger partial charge in [-0.05, 0) is 29.8 Å². The van der Waals surface area contributed by atoms with Crippen molar-refractivity contribution in [2.24, 2.45) is 0 Å². The number of hydrogen-bond donors (Lipinski definition) is 1. The first-order valence-electron chi connectivity index (χ1n) is 7.00. The number of nitrogens with zero attached hydrogens (tertiary/aromatic N) is 2. The number of benzene rings is 2. The molecule has 0 atom stereocenters. The SMILES string of the molecule is N#CC1=C(c2ccccc2)CN(c2ccc(S(=O)(=O)O)cc2)C1=O. The lowest BCUT2D eigenvalue weighted by molar-refractivity contribution is -0.114.